The quantitative estimate of drug-likeness (QED) is 0.684. The molecule has 0 fully saturated rings. The minimum Gasteiger partial charge on any atom is -0.506 e. The predicted molar refractivity (Wildman–Crippen MR) is 86.6 cm³/mol. The van der Waals surface area contributed by atoms with Crippen LogP contribution in [0.3, 0.4) is 0 Å². The topological polar surface area (TPSA) is 121 Å². The van der Waals surface area contributed by atoms with Crippen LogP contribution in [0.25, 0.3) is 0 Å². The average molecular weight is 318 g/mol. The van der Waals surface area contributed by atoms with E-state index in [1.165, 1.54) is 19.3 Å². The van der Waals surface area contributed by atoms with Gasteiger partial charge >= 0.3 is 0 Å². The molecule has 7 heteroatoms. The van der Waals surface area contributed by atoms with Crippen molar-refractivity contribution in [2.75, 3.05) is 0 Å². The number of nitrogens with zero attached hydrogens (tertiary/aromatic N) is 2. The highest BCUT2D eigenvalue weighted by molar-refractivity contribution is 5.73. The molecular formula is C16H22N4O3. The number of hydrogen-bond acceptors (Lipinski definition) is 6. The first-order valence-electron chi connectivity index (χ1n) is 7.12. The second-order valence-corrected chi connectivity index (χ2v) is 5.09. The maximum atomic E-state index is 10.7. The molecule has 0 aromatic carbocycles. The smallest absolute Gasteiger partial charge is 0.217 e. The molecule has 0 bridgehead atoms. The van der Waals surface area contributed by atoms with Gasteiger partial charge in [0.15, 0.2) is 0 Å². The van der Waals surface area contributed by atoms with Crippen LogP contribution in [0.15, 0.2) is 36.7 Å². The molecular weight excluding hydrogens is 296 g/mol. The van der Waals surface area contributed by atoms with Crippen molar-refractivity contribution in [1.29, 1.82) is 0 Å². The third-order valence-electron chi connectivity index (χ3n) is 2.87. The zero-order valence-corrected chi connectivity index (χ0v) is 13.4. The van der Waals surface area contributed by atoms with E-state index in [9.17, 15) is 4.79 Å². The maximum absolute atomic E-state index is 10.7. The summed E-state index contributed by atoms with van der Waals surface area (Å²) in [5.74, 6) is 0.200. The monoisotopic (exact) mass is 318 g/mol. The maximum Gasteiger partial charge on any atom is 0.217 e. The SMILES string of the molecule is CC(=O)N[C@@H](C)c1ccc(O)cn1.C[C@H](N)c1ccc(O)cn1. The summed E-state index contributed by atoms with van der Waals surface area (Å²) in [6, 6.07) is 6.31. The van der Waals surface area contributed by atoms with Crippen LogP contribution in [0.2, 0.25) is 0 Å². The van der Waals surface area contributed by atoms with Crippen LogP contribution in [0.5, 0.6) is 11.5 Å². The average Bonchev–Trinajstić information content (AvgIpc) is 2.48. The molecule has 0 saturated carbocycles. The Kier molecular flexibility index (Phi) is 6.95. The Morgan fingerprint density at radius 1 is 1.04 bits per heavy atom. The molecule has 2 aromatic rings. The lowest BCUT2D eigenvalue weighted by Gasteiger charge is -2.11. The standard InChI is InChI=1S/C9H12N2O2.C7H10N2O/c1-6(11-7(2)12)9-4-3-8(13)5-10-9;1-5(8)7-3-2-6(10)4-9-7/h3-6,13H,1-2H3,(H,11,12);2-5,10H,8H2,1H3/t6-;5-/m00/s1. The Bertz CT molecular complexity index is 612. The number of aromatic nitrogens is 2. The van der Waals surface area contributed by atoms with E-state index in [1.807, 2.05) is 13.8 Å². The number of rotatable bonds is 3. The normalized spacial score (nSPS) is 12.5. The zero-order chi connectivity index (χ0) is 17.4. The Hall–Kier alpha value is -2.67. The number of nitrogens with two attached hydrogens (primary N) is 1. The van der Waals surface area contributed by atoms with Gasteiger partial charge in [-0.3, -0.25) is 14.8 Å². The number of pyridine rings is 2. The number of carbonyl (C=O) groups is 1. The second-order valence-electron chi connectivity index (χ2n) is 5.09. The van der Waals surface area contributed by atoms with Gasteiger partial charge in [-0.25, -0.2) is 0 Å². The Morgan fingerprint density at radius 3 is 1.87 bits per heavy atom. The van der Waals surface area contributed by atoms with E-state index in [4.69, 9.17) is 15.9 Å². The van der Waals surface area contributed by atoms with Crippen LogP contribution in [-0.4, -0.2) is 26.1 Å². The lowest BCUT2D eigenvalue weighted by molar-refractivity contribution is -0.119. The Balaban J connectivity index is 0.000000238. The molecule has 23 heavy (non-hydrogen) atoms. The zero-order valence-electron chi connectivity index (χ0n) is 13.4. The summed E-state index contributed by atoms with van der Waals surface area (Å²) in [5.41, 5.74) is 7.04. The summed E-state index contributed by atoms with van der Waals surface area (Å²) in [6.07, 6.45) is 2.74. The van der Waals surface area contributed by atoms with Gasteiger partial charge in [0.2, 0.25) is 5.91 Å². The number of carbonyl (C=O) groups excluding carboxylic acids is 1. The highest BCUT2D eigenvalue weighted by Gasteiger charge is 2.06. The Labute approximate surface area is 135 Å². The molecule has 0 aliphatic heterocycles. The van der Waals surface area contributed by atoms with E-state index in [0.29, 0.717) is 0 Å². The van der Waals surface area contributed by atoms with Crippen molar-refractivity contribution in [2.24, 2.45) is 5.73 Å². The molecule has 2 heterocycles. The van der Waals surface area contributed by atoms with Gasteiger partial charge in [-0.2, -0.15) is 0 Å². The van der Waals surface area contributed by atoms with Gasteiger partial charge in [0, 0.05) is 13.0 Å². The van der Waals surface area contributed by atoms with E-state index < -0.39 is 0 Å². The first-order chi connectivity index (χ1) is 10.8. The van der Waals surface area contributed by atoms with E-state index in [2.05, 4.69) is 15.3 Å². The fourth-order valence-corrected chi connectivity index (χ4v) is 1.70. The molecule has 2 rings (SSSR count). The van der Waals surface area contributed by atoms with Crippen molar-refractivity contribution in [1.82, 2.24) is 15.3 Å². The minimum atomic E-state index is -0.127. The summed E-state index contributed by atoms with van der Waals surface area (Å²) < 4.78 is 0. The molecule has 0 aliphatic carbocycles. The molecule has 2 atom stereocenters. The lowest BCUT2D eigenvalue weighted by Crippen LogP contribution is -2.24. The van der Waals surface area contributed by atoms with Crippen LogP contribution >= 0.6 is 0 Å². The van der Waals surface area contributed by atoms with Gasteiger partial charge in [-0.05, 0) is 38.1 Å². The molecule has 0 radical (unpaired) electrons. The largest absolute Gasteiger partial charge is 0.506 e. The highest BCUT2D eigenvalue weighted by Crippen LogP contribution is 2.12. The fraction of sp³-hybridized carbons (Fsp3) is 0.312. The molecule has 0 aliphatic rings. The second kappa shape index (κ2) is 8.70. The van der Waals surface area contributed by atoms with Gasteiger partial charge in [0.25, 0.3) is 0 Å². The summed E-state index contributed by atoms with van der Waals surface area (Å²) in [5, 5.41) is 20.5. The van der Waals surface area contributed by atoms with Gasteiger partial charge in [0.05, 0.1) is 29.8 Å². The van der Waals surface area contributed by atoms with Crippen molar-refractivity contribution < 1.29 is 15.0 Å². The van der Waals surface area contributed by atoms with Crippen molar-refractivity contribution in [3.8, 4) is 11.5 Å². The summed E-state index contributed by atoms with van der Waals surface area (Å²) >= 11 is 0. The number of amides is 1. The lowest BCUT2D eigenvalue weighted by atomic mass is 10.2. The molecule has 1 amide bonds. The number of aromatic hydroxyl groups is 2. The van der Waals surface area contributed by atoms with Crippen LogP contribution < -0.4 is 11.1 Å². The van der Waals surface area contributed by atoms with Gasteiger partial charge in [-0.15, -0.1) is 0 Å². The van der Waals surface area contributed by atoms with Gasteiger partial charge in [0.1, 0.15) is 11.5 Å². The van der Waals surface area contributed by atoms with E-state index in [-0.39, 0.29) is 29.5 Å². The van der Waals surface area contributed by atoms with Crippen molar-refractivity contribution in [3.05, 3.63) is 48.0 Å². The van der Waals surface area contributed by atoms with Gasteiger partial charge < -0.3 is 21.3 Å². The summed E-state index contributed by atoms with van der Waals surface area (Å²) in [4.78, 5) is 18.6. The molecule has 0 saturated heterocycles. The first-order valence-corrected chi connectivity index (χ1v) is 7.12. The molecule has 2 aromatic heterocycles. The molecule has 0 unspecified atom stereocenters. The minimum absolute atomic E-state index is 0.0689. The molecule has 7 nitrogen and oxygen atoms in total. The van der Waals surface area contributed by atoms with Crippen LogP contribution in [-0.2, 0) is 4.79 Å². The number of hydrogen-bond donors (Lipinski definition) is 4. The third-order valence-corrected chi connectivity index (χ3v) is 2.87. The Morgan fingerprint density at radius 2 is 1.52 bits per heavy atom. The van der Waals surface area contributed by atoms with Crippen LogP contribution in [0.4, 0.5) is 0 Å². The third kappa shape index (κ3) is 6.75. The molecule has 124 valence electrons. The van der Waals surface area contributed by atoms with Crippen molar-refractivity contribution >= 4 is 5.91 Å². The number of nitrogens with one attached hydrogen (secondary N) is 1. The van der Waals surface area contributed by atoms with Gasteiger partial charge in [-0.1, -0.05) is 0 Å². The van der Waals surface area contributed by atoms with Crippen LogP contribution in [0, 0.1) is 0 Å². The van der Waals surface area contributed by atoms with E-state index >= 15 is 0 Å². The molecule has 5 N–H and O–H groups in total. The van der Waals surface area contributed by atoms with Crippen molar-refractivity contribution in [3.63, 3.8) is 0 Å². The first kappa shape index (κ1) is 18.4. The van der Waals surface area contributed by atoms with E-state index in [0.717, 1.165) is 11.4 Å². The predicted octanol–water partition coefficient (Wildman–Crippen LogP) is 1.79. The molecule has 0 spiro atoms. The van der Waals surface area contributed by atoms with E-state index in [1.54, 1.807) is 24.3 Å². The van der Waals surface area contributed by atoms with Crippen molar-refractivity contribution in [2.45, 2.75) is 32.9 Å². The summed E-state index contributed by atoms with van der Waals surface area (Å²) in [6.45, 7) is 5.14. The highest BCUT2D eigenvalue weighted by atomic mass is 16.3. The summed E-state index contributed by atoms with van der Waals surface area (Å²) in [7, 11) is 0. The fourth-order valence-electron chi connectivity index (χ4n) is 1.70. The van der Waals surface area contributed by atoms with Crippen LogP contribution in [0.1, 0.15) is 44.2 Å².